The largest absolute Gasteiger partial charge is 0.508 e. The number of rotatable bonds is 15. The summed E-state index contributed by atoms with van der Waals surface area (Å²) in [6.07, 6.45) is -0.0409. The van der Waals surface area contributed by atoms with E-state index in [1.54, 1.807) is 26.0 Å². The molecule has 0 saturated carbocycles. The minimum Gasteiger partial charge on any atom is -0.508 e. The highest BCUT2D eigenvalue weighted by molar-refractivity contribution is 5.94. The average Bonchev–Trinajstić information content (AvgIpc) is 2.81. The number of nitrogens with two attached hydrogens (primary N) is 2. The Morgan fingerprint density at radius 3 is 1.94 bits per heavy atom. The second-order valence-corrected chi connectivity index (χ2v) is 9.11. The molecule has 1 aromatic rings. The lowest BCUT2D eigenvalue weighted by Crippen LogP contribution is -2.59. The predicted octanol–water partition coefficient (Wildman–Crippen LogP) is -1.03. The van der Waals surface area contributed by atoms with Gasteiger partial charge in [0.05, 0.1) is 12.1 Å². The van der Waals surface area contributed by atoms with Crippen molar-refractivity contribution in [3.05, 3.63) is 29.8 Å². The van der Waals surface area contributed by atoms with E-state index < -0.39 is 54.0 Å². The Labute approximate surface area is 210 Å². The third-order valence-electron chi connectivity index (χ3n) is 5.66. The van der Waals surface area contributed by atoms with Gasteiger partial charge >= 0.3 is 5.97 Å². The molecule has 12 heteroatoms. The molecule has 3 amide bonds. The van der Waals surface area contributed by atoms with Crippen LogP contribution in [0.1, 0.15) is 45.6 Å². The van der Waals surface area contributed by atoms with Crippen LogP contribution < -0.4 is 27.4 Å². The van der Waals surface area contributed by atoms with Crippen molar-refractivity contribution in [1.82, 2.24) is 16.0 Å². The number of phenols is 1. The average molecular weight is 510 g/mol. The molecule has 36 heavy (non-hydrogen) atoms. The number of aliphatic carboxylic acids is 1. The Morgan fingerprint density at radius 1 is 0.889 bits per heavy atom. The van der Waals surface area contributed by atoms with Crippen LogP contribution in [0.2, 0.25) is 0 Å². The number of aliphatic hydroxyl groups excluding tert-OH is 1. The van der Waals surface area contributed by atoms with Gasteiger partial charge in [0, 0.05) is 6.42 Å². The van der Waals surface area contributed by atoms with Crippen LogP contribution in [0.5, 0.6) is 5.75 Å². The molecule has 1 rings (SSSR count). The van der Waals surface area contributed by atoms with Crippen LogP contribution in [0.15, 0.2) is 24.3 Å². The second-order valence-electron chi connectivity index (χ2n) is 9.11. The molecule has 0 heterocycles. The molecule has 0 aliphatic carbocycles. The SMILES string of the molecule is CC(C)C(N)C(=O)NC(CCCCN)C(=O)NC(Cc1ccc(O)cc1)C(=O)NC(C(=O)O)C(C)O. The first-order chi connectivity index (χ1) is 16.9. The van der Waals surface area contributed by atoms with E-state index in [0.29, 0.717) is 24.9 Å². The summed E-state index contributed by atoms with van der Waals surface area (Å²) in [6, 6.07) is 1.23. The molecule has 10 N–H and O–H groups in total. The van der Waals surface area contributed by atoms with Gasteiger partial charge in [0.25, 0.3) is 0 Å². The van der Waals surface area contributed by atoms with Crippen molar-refractivity contribution in [2.24, 2.45) is 17.4 Å². The van der Waals surface area contributed by atoms with Crippen LogP contribution >= 0.6 is 0 Å². The summed E-state index contributed by atoms with van der Waals surface area (Å²) in [6.45, 7) is 5.16. The number of hydrogen-bond donors (Lipinski definition) is 8. The highest BCUT2D eigenvalue weighted by Gasteiger charge is 2.32. The van der Waals surface area contributed by atoms with Gasteiger partial charge in [0.2, 0.25) is 17.7 Å². The fourth-order valence-corrected chi connectivity index (χ4v) is 3.32. The lowest BCUT2D eigenvalue weighted by Gasteiger charge is -2.26. The monoisotopic (exact) mass is 509 g/mol. The van der Waals surface area contributed by atoms with Crippen LogP contribution in [0.3, 0.4) is 0 Å². The number of benzene rings is 1. The van der Waals surface area contributed by atoms with Crippen molar-refractivity contribution in [1.29, 1.82) is 0 Å². The van der Waals surface area contributed by atoms with Gasteiger partial charge in [-0.1, -0.05) is 26.0 Å². The van der Waals surface area contributed by atoms with Gasteiger partial charge < -0.3 is 42.7 Å². The molecular formula is C24H39N5O7. The zero-order valence-corrected chi connectivity index (χ0v) is 20.9. The van der Waals surface area contributed by atoms with Gasteiger partial charge in [-0.15, -0.1) is 0 Å². The predicted molar refractivity (Wildman–Crippen MR) is 133 cm³/mol. The molecule has 0 saturated heterocycles. The minimum absolute atomic E-state index is 0.00741. The number of hydrogen-bond acceptors (Lipinski definition) is 8. The minimum atomic E-state index is -1.60. The Bertz CT molecular complexity index is 876. The molecule has 0 aliphatic rings. The van der Waals surface area contributed by atoms with Crippen molar-refractivity contribution in [2.75, 3.05) is 6.54 Å². The van der Waals surface area contributed by atoms with Crippen molar-refractivity contribution in [3.8, 4) is 5.75 Å². The molecule has 5 unspecified atom stereocenters. The van der Waals surface area contributed by atoms with E-state index >= 15 is 0 Å². The smallest absolute Gasteiger partial charge is 0.328 e. The van der Waals surface area contributed by atoms with E-state index in [1.165, 1.54) is 19.1 Å². The van der Waals surface area contributed by atoms with Crippen molar-refractivity contribution in [2.45, 2.75) is 76.7 Å². The molecule has 0 fully saturated rings. The lowest BCUT2D eigenvalue weighted by molar-refractivity contribution is -0.145. The van der Waals surface area contributed by atoms with E-state index in [2.05, 4.69) is 16.0 Å². The van der Waals surface area contributed by atoms with E-state index in [1.807, 2.05) is 0 Å². The van der Waals surface area contributed by atoms with E-state index in [9.17, 15) is 34.5 Å². The van der Waals surface area contributed by atoms with Gasteiger partial charge in [-0.25, -0.2) is 4.79 Å². The maximum atomic E-state index is 13.2. The Morgan fingerprint density at radius 2 is 1.44 bits per heavy atom. The van der Waals surface area contributed by atoms with Gasteiger partial charge in [0.15, 0.2) is 6.04 Å². The van der Waals surface area contributed by atoms with E-state index in [-0.39, 0.29) is 24.5 Å². The van der Waals surface area contributed by atoms with Crippen LogP contribution in [0, 0.1) is 5.92 Å². The summed E-state index contributed by atoms with van der Waals surface area (Å²) in [4.78, 5) is 50.2. The van der Waals surface area contributed by atoms with E-state index in [4.69, 9.17) is 11.5 Å². The van der Waals surface area contributed by atoms with Crippen LogP contribution in [-0.4, -0.2) is 75.8 Å². The zero-order valence-electron chi connectivity index (χ0n) is 20.9. The van der Waals surface area contributed by atoms with E-state index in [0.717, 1.165) is 0 Å². The summed E-state index contributed by atoms with van der Waals surface area (Å²) in [5.41, 5.74) is 12.0. The third-order valence-corrected chi connectivity index (χ3v) is 5.66. The standard InChI is InChI=1S/C24H39N5O7/c1-13(2)19(26)23(34)27-17(6-4-5-11-25)21(32)28-18(12-15-7-9-16(31)10-8-15)22(33)29-20(14(3)30)24(35)36/h7-10,13-14,17-20,30-31H,4-6,11-12,25-26H2,1-3H3,(H,27,34)(H,28,32)(H,29,33)(H,35,36). The Hall–Kier alpha value is -3.22. The Kier molecular flexibility index (Phi) is 12.9. The molecule has 5 atom stereocenters. The highest BCUT2D eigenvalue weighted by atomic mass is 16.4. The number of unbranched alkanes of at least 4 members (excludes halogenated alkanes) is 1. The molecule has 0 aliphatic heterocycles. The van der Waals surface area contributed by atoms with Gasteiger partial charge in [-0.05, 0) is 56.3 Å². The number of carbonyl (C=O) groups is 4. The fourth-order valence-electron chi connectivity index (χ4n) is 3.32. The number of nitrogens with one attached hydrogen (secondary N) is 3. The molecule has 0 bridgehead atoms. The summed E-state index contributed by atoms with van der Waals surface area (Å²) < 4.78 is 0. The summed E-state index contributed by atoms with van der Waals surface area (Å²) in [5, 5.41) is 36.1. The second kappa shape index (κ2) is 15.0. The number of carbonyl (C=O) groups excluding carboxylic acids is 3. The molecule has 0 aromatic heterocycles. The van der Waals surface area contributed by atoms with Gasteiger partial charge in [-0.3, -0.25) is 14.4 Å². The topological polar surface area (TPSA) is 217 Å². The quantitative estimate of drug-likeness (QED) is 0.135. The number of aromatic hydroxyl groups is 1. The third kappa shape index (κ3) is 10.2. The number of amides is 3. The van der Waals surface area contributed by atoms with Crippen LogP contribution in [0.4, 0.5) is 0 Å². The summed E-state index contributed by atoms with van der Waals surface area (Å²) in [7, 11) is 0. The number of carboxylic acid groups (broad SMARTS) is 1. The number of carboxylic acids is 1. The number of phenolic OH excluding ortho intramolecular Hbond substituents is 1. The highest BCUT2D eigenvalue weighted by Crippen LogP contribution is 2.12. The molecule has 202 valence electrons. The maximum absolute atomic E-state index is 13.2. The van der Waals surface area contributed by atoms with Gasteiger partial charge in [-0.2, -0.15) is 0 Å². The molecular weight excluding hydrogens is 470 g/mol. The van der Waals surface area contributed by atoms with Crippen LogP contribution in [-0.2, 0) is 25.6 Å². The summed E-state index contributed by atoms with van der Waals surface area (Å²) in [5.74, 6) is -3.61. The molecule has 0 radical (unpaired) electrons. The lowest BCUT2D eigenvalue weighted by atomic mass is 10.0. The van der Waals surface area contributed by atoms with Gasteiger partial charge in [0.1, 0.15) is 17.8 Å². The fraction of sp³-hybridized carbons (Fsp3) is 0.583. The van der Waals surface area contributed by atoms with Crippen molar-refractivity contribution < 1.29 is 34.5 Å². The molecule has 0 spiro atoms. The molecule has 12 nitrogen and oxygen atoms in total. The first kappa shape index (κ1) is 30.8. The Balaban J connectivity index is 3.16. The zero-order chi connectivity index (χ0) is 27.4. The normalized spacial score (nSPS) is 15.3. The number of aliphatic hydroxyl groups is 1. The molecule has 1 aromatic carbocycles. The van der Waals surface area contributed by atoms with Crippen molar-refractivity contribution in [3.63, 3.8) is 0 Å². The summed E-state index contributed by atoms with van der Waals surface area (Å²) >= 11 is 0. The maximum Gasteiger partial charge on any atom is 0.328 e. The first-order valence-electron chi connectivity index (χ1n) is 11.9. The van der Waals surface area contributed by atoms with Crippen molar-refractivity contribution >= 4 is 23.7 Å². The first-order valence-corrected chi connectivity index (χ1v) is 11.9. The van der Waals surface area contributed by atoms with Crippen LogP contribution in [0.25, 0.3) is 0 Å².